The molecule has 0 saturated heterocycles. The molecular weight excluding hydrogens is 362 g/mol. The second-order valence-corrected chi connectivity index (χ2v) is 5.71. The number of methoxy groups -OCH3 is 1. The first-order valence-corrected chi connectivity index (χ1v) is 8.65. The Morgan fingerprint density at radius 1 is 1.11 bits per heavy atom. The molecule has 0 atom stereocenters. The van der Waals surface area contributed by atoms with Crippen LogP contribution in [0.3, 0.4) is 0 Å². The van der Waals surface area contributed by atoms with Crippen molar-refractivity contribution in [3.8, 4) is 11.5 Å². The zero-order chi connectivity index (χ0) is 19.9. The Morgan fingerprint density at radius 3 is 2.61 bits per heavy atom. The van der Waals surface area contributed by atoms with Gasteiger partial charge in [-0.15, -0.1) is 0 Å². The molecule has 0 fully saturated rings. The number of esters is 2. The monoisotopic (exact) mass is 381 g/mol. The lowest BCUT2D eigenvalue weighted by Gasteiger charge is -2.11. The number of carbonyl (C=O) groups is 2. The molecule has 2 aromatic rings. The van der Waals surface area contributed by atoms with Crippen LogP contribution in [0.1, 0.15) is 18.1 Å². The van der Waals surface area contributed by atoms with E-state index >= 15 is 0 Å². The number of rotatable bonds is 7. The van der Waals surface area contributed by atoms with Crippen LogP contribution in [0.5, 0.6) is 11.5 Å². The number of hydrogen-bond acceptors (Lipinski definition) is 7. The number of hydrogen-bond donors (Lipinski definition) is 0. The van der Waals surface area contributed by atoms with Gasteiger partial charge in [0.15, 0.2) is 23.8 Å². The minimum absolute atomic E-state index is 0.185. The summed E-state index contributed by atoms with van der Waals surface area (Å²) in [7, 11) is 1.29. The third kappa shape index (κ3) is 4.56. The number of carbonyl (C=O) groups excluding carboxylic acids is 2. The molecular formula is C21H19NO6. The van der Waals surface area contributed by atoms with E-state index in [0.717, 1.165) is 5.56 Å². The van der Waals surface area contributed by atoms with E-state index in [-0.39, 0.29) is 18.2 Å². The quantitative estimate of drug-likeness (QED) is 0.542. The van der Waals surface area contributed by atoms with Crippen LogP contribution < -0.4 is 9.47 Å². The lowest BCUT2D eigenvalue weighted by atomic mass is 10.1. The molecule has 0 radical (unpaired) electrons. The van der Waals surface area contributed by atoms with Gasteiger partial charge in [0.25, 0.3) is 0 Å². The molecule has 7 heteroatoms. The Labute approximate surface area is 162 Å². The van der Waals surface area contributed by atoms with E-state index in [1.807, 2.05) is 37.3 Å². The van der Waals surface area contributed by atoms with Crippen LogP contribution in [0.2, 0.25) is 0 Å². The van der Waals surface area contributed by atoms with Gasteiger partial charge in [0.05, 0.1) is 13.7 Å². The standard InChI is InChI=1S/C21H19NO6/c1-3-26-18-12-14(9-10-17(18)27-13-19(23)25-2)11-16-21(24)28-20(22-16)15-7-5-4-6-8-15/h4-12H,3,13H2,1-2H3/b16-11-. The van der Waals surface area contributed by atoms with Crippen molar-refractivity contribution in [1.82, 2.24) is 0 Å². The summed E-state index contributed by atoms with van der Waals surface area (Å²) >= 11 is 0. The summed E-state index contributed by atoms with van der Waals surface area (Å²) in [5.41, 5.74) is 1.59. The van der Waals surface area contributed by atoms with E-state index in [0.29, 0.717) is 23.7 Å². The van der Waals surface area contributed by atoms with Gasteiger partial charge in [0, 0.05) is 5.56 Å². The highest BCUT2D eigenvalue weighted by Gasteiger charge is 2.24. The van der Waals surface area contributed by atoms with Gasteiger partial charge in [-0.2, -0.15) is 0 Å². The van der Waals surface area contributed by atoms with E-state index in [1.54, 1.807) is 24.3 Å². The number of aliphatic imine (C=N–C) groups is 1. The number of benzene rings is 2. The maximum atomic E-state index is 12.1. The lowest BCUT2D eigenvalue weighted by Crippen LogP contribution is -2.13. The largest absolute Gasteiger partial charge is 0.490 e. The van der Waals surface area contributed by atoms with E-state index in [9.17, 15) is 9.59 Å². The summed E-state index contributed by atoms with van der Waals surface area (Å²) in [4.78, 5) is 27.7. The topological polar surface area (TPSA) is 83.4 Å². The Hall–Kier alpha value is -3.61. The van der Waals surface area contributed by atoms with Crippen LogP contribution in [0.25, 0.3) is 6.08 Å². The molecule has 0 N–H and O–H groups in total. The molecule has 0 aromatic heterocycles. The third-order valence-electron chi connectivity index (χ3n) is 3.79. The molecule has 144 valence electrons. The second-order valence-electron chi connectivity index (χ2n) is 5.71. The van der Waals surface area contributed by atoms with Gasteiger partial charge >= 0.3 is 11.9 Å². The summed E-state index contributed by atoms with van der Waals surface area (Å²) < 4.78 is 20.8. The summed E-state index contributed by atoms with van der Waals surface area (Å²) in [6, 6.07) is 14.3. The van der Waals surface area contributed by atoms with Crippen LogP contribution in [0, 0.1) is 0 Å². The van der Waals surface area contributed by atoms with E-state index in [2.05, 4.69) is 9.73 Å². The molecule has 0 bridgehead atoms. The molecule has 0 aliphatic carbocycles. The molecule has 7 nitrogen and oxygen atoms in total. The fourth-order valence-electron chi connectivity index (χ4n) is 2.47. The van der Waals surface area contributed by atoms with Crippen molar-refractivity contribution in [1.29, 1.82) is 0 Å². The second kappa shape index (κ2) is 8.85. The molecule has 0 spiro atoms. The molecule has 3 rings (SSSR count). The number of cyclic esters (lactones) is 1. The molecule has 0 unspecified atom stereocenters. The molecule has 1 aliphatic rings. The fourth-order valence-corrected chi connectivity index (χ4v) is 2.47. The van der Waals surface area contributed by atoms with Gasteiger partial charge in [-0.3, -0.25) is 0 Å². The summed E-state index contributed by atoms with van der Waals surface area (Å²) in [5, 5.41) is 0. The van der Waals surface area contributed by atoms with Crippen molar-refractivity contribution in [2.45, 2.75) is 6.92 Å². The number of nitrogens with zero attached hydrogens (tertiary/aromatic N) is 1. The van der Waals surface area contributed by atoms with Gasteiger partial charge in [0.2, 0.25) is 5.90 Å². The first-order valence-electron chi connectivity index (χ1n) is 8.65. The van der Waals surface area contributed by atoms with Gasteiger partial charge < -0.3 is 18.9 Å². The van der Waals surface area contributed by atoms with E-state index < -0.39 is 11.9 Å². The minimum atomic E-state index is -0.525. The summed E-state index contributed by atoms with van der Waals surface area (Å²) in [6.07, 6.45) is 1.60. The van der Waals surface area contributed by atoms with Crippen molar-refractivity contribution in [3.05, 3.63) is 65.4 Å². The predicted molar refractivity (Wildman–Crippen MR) is 102 cm³/mol. The van der Waals surface area contributed by atoms with Gasteiger partial charge in [0.1, 0.15) is 0 Å². The highest BCUT2D eigenvalue weighted by atomic mass is 16.6. The maximum absolute atomic E-state index is 12.1. The lowest BCUT2D eigenvalue weighted by molar-refractivity contribution is -0.143. The van der Waals surface area contributed by atoms with Crippen LogP contribution in [-0.2, 0) is 19.1 Å². The molecule has 0 amide bonds. The highest BCUT2D eigenvalue weighted by molar-refractivity contribution is 6.12. The number of ether oxygens (including phenoxy) is 4. The van der Waals surface area contributed by atoms with Crippen molar-refractivity contribution in [2.75, 3.05) is 20.3 Å². The average molecular weight is 381 g/mol. The maximum Gasteiger partial charge on any atom is 0.363 e. The fraction of sp³-hybridized carbons (Fsp3) is 0.190. The van der Waals surface area contributed by atoms with Crippen LogP contribution >= 0.6 is 0 Å². The molecule has 1 aliphatic heterocycles. The Bertz CT molecular complexity index is 933. The normalized spacial score (nSPS) is 14.4. The van der Waals surface area contributed by atoms with Crippen molar-refractivity contribution < 1.29 is 28.5 Å². The Morgan fingerprint density at radius 2 is 1.89 bits per heavy atom. The summed E-state index contributed by atoms with van der Waals surface area (Å²) in [6.45, 7) is 2.01. The van der Waals surface area contributed by atoms with Gasteiger partial charge in [-0.05, 0) is 42.8 Å². The molecule has 2 aromatic carbocycles. The Kier molecular flexibility index (Phi) is 6.06. The van der Waals surface area contributed by atoms with Gasteiger partial charge in [-0.25, -0.2) is 14.6 Å². The Balaban J connectivity index is 1.84. The third-order valence-corrected chi connectivity index (χ3v) is 3.79. The zero-order valence-electron chi connectivity index (χ0n) is 15.5. The SMILES string of the molecule is CCOc1cc(/C=C2\N=C(c3ccccc3)OC2=O)ccc1OCC(=O)OC. The predicted octanol–water partition coefficient (Wildman–Crippen LogP) is 2.98. The minimum Gasteiger partial charge on any atom is -0.490 e. The van der Waals surface area contributed by atoms with Gasteiger partial charge in [-0.1, -0.05) is 24.3 Å². The smallest absolute Gasteiger partial charge is 0.363 e. The van der Waals surface area contributed by atoms with E-state index in [1.165, 1.54) is 7.11 Å². The molecule has 28 heavy (non-hydrogen) atoms. The van der Waals surface area contributed by atoms with E-state index in [4.69, 9.17) is 14.2 Å². The first kappa shape index (κ1) is 19.2. The van der Waals surface area contributed by atoms with Crippen LogP contribution in [0.4, 0.5) is 0 Å². The van der Waals surface area contributed by atoms with Crippen molar-refractivity contribution in [2.24, 2.45) is 4.99 Å². The average Bonchev–Trinajstić information content (AvgIpc) is 3.08. The molecule has 0 saturated carbocycles. The van der Waals surface area contributed by atoms with Crippen LogP contribution in [0.15, 0.2) is 59.2 Å². The van der Waals surface area contributed by atoms with Crippen molar-refractivity contribution in [3.63, 3.8) is 0 Å². The highest BCUT2D eigenvalue weighted by Crippen LogP contribution is 2.30. The van der Waals surface area contributed by atoms with Crippen LogP contribution in [-0.4, -0.2) is 38.2 Å². The zero-order valence-corrected chi connectivity index (χ0v) is 15.5. The molecule has 1 heterocycles. The van der Waals surface area contributed by atoms with Crippen molar-refractivity contribution >= 4 is 23.9 Å². The summed E-state index contributed by atoms with van der Waals surface area (Å²) in [5.74, 6) is 0.0871. The first-order chi connectivity index (χ1) is 13.6.